The van der Waals surface area contributed by atoms with Gasteiger partial charge < -0.3 is 11.1 Å². The van der Waals surface area contributed by atoms with E-state index in [-0.39, 0.29) is 5.91 Å². The molecule has 0 aliphatic heterocycles. The largest absolute Gasteiger partial charge is 0.405 e. The van der Waals surface area contributed by atoms with E-state index in [2.05, 4.69) is 5.32 Å². The van der Waals surface area contributed by atoms with Gasteiger partial charge in [-0.1, -0.05) is 59.6 Å². The van der Waals surface area contributed by atoms with Crippen LogP contribution in [-0.4, -0.2) is 5.91 Å². The first kappa shape index (κ1) is 18.1. The molecule has 0 radical (unpaired) electrons. The van der Waals surface area contributed by atoms with E-state index in [0.717, 1.165) is 16.7 Å². The Labute approximate surface area is 151 Å². The van der Waals surface area contributed by atoms with Crippen molar-refractivity contribution in [1.82, 2.24) is 5.32 Å². The van der Waals surface area contributed by atoms with Gasteiger partial charge in [0.05, 0.1) is 15.6 Å². The smallest absolute Gasteiger partial charge is 0.254 e. The zero-order valence-electron chi connectivity index (χ0n) is 13.2. The molecule has 0 saturated heterocycles. The van der Waals surface area contributed by atoms with Crippen LogP contribution in [0.1, 0.15) is 28.4 Å². The van der Waals surface area contributed by atoms with Crippen LogP contribution in [0.15, 0.2) is 60.8 Å². The van der Waals surface area contributed by atoms with Gasteiger partial charge in [-0.3, -0.25) is 4.79 Å². The monoisotopic (exact) mass is 360 g/mol. The van der Waals surface area contributed by atoms with Crippen molar-refractivity contribution in [3.05, 3.63) is 87.6 Å². The van der Waals surface area contributed by atoms with Crippen molar-refractivity contribution in [3.63, 3.8) is 0 Å². The molecule has 0 saturated carbocycles. The molecule has 0 spiro atoms. The lowest BCUT2D eigenvalue weighted by atomic mass is 10.0. The van der Waals surface area contributed by atoms with Crippen LogP contribution in [0.2, 0.25) is 10.0 Å². The maximum Gasteiger partial charge on any atom is 0.254 e. The van der Waals surface area contributed by atoms with E-state index in [0.29, 0.717) is 22.2 Å². The average Bonchev–Trinajstić information content (AvgIpc) is 2.58. The van der Waals surface area contributed by atoms with Crippen LogP contribution in [0.3, 0.4) is 0 Å². The molecule has 2 rings (SSSR count). The standard InChI is InChI=1S/C19H18Cl2N2O/c1-2-14(10-11-22)15-8-6-13(7-9-15)12-23-19(24)18-16(20)4-3-5-17(18)21/h2-11H,12,22H2,1H3,(H,23,24)/b11-10-,14-2+. The fraction of sp³-hybridized carbons (Fsp3) is 0.105. The van der Waals surface area contributed by atoms with E-state index in [1.165, 1.54) is 6.20 Å². The van der Waals surface area contributed by atoms with Gasteiger partial charge in [0, 0.05) is 6.54 Å². The first-order chi connectivity index (χ1) is 11.6. The third-order valence-electron chi connectivity index (χ3n) is 3.52. The Kier molecular flexibility index (Phi) is 6.47. The molecule has 0 aliphatic rings. The molecular weight excluding hydrogens is 343 g/mol. The minimum Gasteiger partial charge on any atom is -0.405 e. The molecule has 0 aliphatic carbocycles. The van der Waals surface area contributed by atoms with Gasteiger partial charge in [0.2, 0.25) is 0 Å². The normalized spacial score (nSPS) is 11.7. The number of nitrogens with one attached hydrogen (secondary N) is 1. The lowest BCUT2D eigenvalue weighted by Gasteiger charge is -2.09. The van der Waals surface area contributed by atoms with Gasteiger partial charge in [-0.2, -0.15) is 0 Å². The Morgan fingerprint density at radius 3 is 2.29 bits per heavy atom. The Morgan fingerprint density at radius 2 is 1.75 bits per heavy atom. The second-order valence-corrected chi connectivity index (χ2v) is 5.89. The molecule has 124 valence electrons. The van der Waals surface area contributed by atoms with Gasteiger partial charge in [0.15, 0.2) is 0 Å². The summed E-state index contributed by atoms with van der Waals surface area (Å²) < 4.78 is 0. The van der Waals surface area contributed by atoms with E-state index in [1.807, 2.05) is 43.3 Å². The zero-order chi connectivity index (χ0) is 17.5. The molecule has 2 aromatic carbocycles. The first-order valence-electron chi connectivity index (χ1n) is 7.43. The summed E-state index contributed by atoms with van der Waals surface area (Å²) >= 11 is 12.1. The van der Waals surface area contributed by atoms with Crippen LogP contribution in [0.25, 0.3) is 5.57 Å². The summed E-state index contributed by atoms with van der Waals surface area (Å²) in [7, 11) is 0. The van der Waals surface area contributed by atoms with E-state index < -0.39 is 0 Å². The number of allylic oxidation sites excluding steroid dienone is 3. The number of rotatable bonds is 5. The Balaban J connectivity index is 2.06. The van der Waals surface area contributed by atoms with Crippen molar-refractivity contribution in [2.24, 2.45) is 5.73 Å². The SMILES string of the molecule is C/C=C(\C=C/N)c1ccc(CNC(=O)c2c(Cl)cccc2Cl)cc1. The fourth-order valence-electron chi connectivity index (χ4n) is 2.26. The highest BCUT2D eigenvalue weighted by molar-refractivity contribution is 6.39. The Bertz CT molecular complexity index is 760. The maximum absolute atomic E-state index is 12.3. The van der Waals surface area contributed by atoms with Crippen molar-refractivity contribution >= 4 is 34.7 Å². The molecule has 2 aromatic rings. The summed E-state index contributed by atoms with van der Waals surface area (Å²) in [6.45, 7) is 2.34. The number of carbonyl (C=O) groups is 1. The number of carbonyl (C=O) groups excluding carboxylic acids is 1. The van der Waals surface area contributed by atoms with Crippen LogP contribution in [0, 0.1) is 0 Å². The molecule has 0 fully saturated rings. The Hall–Kier alpha value is -2.23. The Morgan fingerprint density at radius 1 is 1.12 bits per heavy atom. The molecule has 0 unspecified atom stereocenters. The minimum absolute atomic E-state index is 0.293. The second kappa shape index (κ2) is 8.57. The van der Waals surface area contributed by atoms with Crippen LogP contribution >= 0.6 is 23.2 Å². The molecule has 1 amide bonds. The molecule has 0 bridgehead atoms. The lowest BCUT2D eigenvalue weighted by molar-refractivity contribution is 0.0951. The number of amides is 1. The fourth-order valence-corrected chi connectivity index (χ4v) is 2.83. The van der Waals surface area contributed by atoms with E-state index >= 15 is 0 Å². The van der Waals surface area contributed by atoms with Crippen LogP contribution in [0.5, 0.6) is 0 Å². The second-order valence-electron chi connectivity index (χ2n) is 5.08. The highest BCUT2D eigenvalue weighted by atomic mass is 35.5. The van der Waals surface area contributed by atoms with Crippen LogP contribution < -0.4 is 11.1 Å². The molecular formula is C19H18Cl2N2O. The summed E-state index contributed by atoms with van der Waals surface area (Å²) in [5.74, 6) is -0.296. The highest BCUT2D eigenvalue weighted by Crippen LogP contribution is 2.24. The van der Waals surface area contributed by atoms with Crippen molar-refractivity contribution < 1.29 is 4.79 Å². The number of nitrogens with two attached hydrogens (primary N) is 1. The quantitative estimate of drug-likeness (QED) is 0.752. The molecule has 5 heteroatoms. The van der Waals surface area contributed by atoms with Crippen molar-refractivity contribution in [1.29, 1.82) is 0 Å². The molecule has 3 N–H and O–H groups in total. The summed E-state index contributed by atoms with van der Waals surface area (Å²) in [4.78, 5) is 12.3. The maximum atomic E-state index is 12.3. The number of hydrogen-bond acceptors (Lipinski definition) is 2. The van der Waals surface area contributed by atoms with Crippen molar-refractivity contribution in [2.45, 2.75) is 13.5 Å². The summed E-state index contributed by atoms with van der Waals surface area (Å²) in [5.41, 5.74) is 8.81. The van der Waals surface area contributed by atoms with Gasteiger partial charge in [-0.05, 0) is 48.0 Å². The first-order valence-corrected chi connectivity index (χ1v) is 8.18. The number of halogens is 2. The van der Waals surface area contributed by atoms with Crippen molar-refractivity contribution in [2.75, 3.05) is 0 Å². The van der Waals surface area contributed by atoms with Crippen molar-refractivity contribution in [3.8, 4) is 0 Å². The number of hydrogen-bond donors (Lipinski definition) is 2. The van der Waals surface area contributed by atoms with Gasteiger partial charge >= 0.3 is 0 Å². The summed E-state index contributed by atoms with van der Waals surface area (Å²) in [6, 6.07) is 12.9. The third kappa shape index (κ3) is 4.40. The zero-order valence-corrected chi connectivity index (χ0v) is 14.7. The van der Waals surface area contributed by atoms with Crippen LogP contribution in [0.4, 0.5) is 0 Å². The van der Waals surface area contributed by atoms with E-state index in [9.17, 15) is 4.79 Å². The molecule has 3 nitrogen and oxygen atoms in total. The lowest BCUT2D eigenvalue weighted by Crippen LogP contribution is -2.23. The molecule has 24 heavy (non-hydrogen) atoms. The van der Waals surface area contributed by atoms with E-state index in [4.69, 9.17) is 28.9 Å². The minimum atomic E-state index is -0.296. The molecule has 0 aromatic heterocycles. The highest BCUT2D eigenvalue weighted by Gasteiger charge is 2.13. The van der Waals surface area contributed by atoms with Gasteiger partial charge in [-0.15, -0.1) is 0 Å². The predicted octanol–water partition coefficient (Wildman–Crippen LogP) is 4.80. The van der Waals surface area contributed by atoms with Gasteiger partial charge in [-0.25, -0.2) is 0 Å². The molecule has 0 atom stereocenters. The molecule has 0 heterocycles. The third-order valence-corrected chi connectivity index (χ3v) is 4.15. The average molecular weight is 361 g/mol. The summed E-state index contributed by atoms with van der Waals surface area (Å²) in [6.07, 6.45) is 5.34. The van der Waals surface area contributed by atoms with Crippen LogP contribution in [-0.2, 0) is 6.54 Å². The number of benzene rings is 2. The topological polar surface area (TPSA) is 55.1 Å². The summed E-state index contributed by atoms with van der Waals surface area (Å²) in [5, 5.41) is 3.50. The van der Waals surface area contributed by atoms with E-state index in [1.54, 1.807) is 18.2 Å². The predicted molar refractivity (Wildman–Crippen MR) is 101 cm³/mol. The van der Waals surface area contributed by atoms with Gasteiger partial charge in [0.1, 0.15) is 0 Å². The van der Waals surface area contributed by atoms with Gasteiger partial charge in [0.25, 0.3) is 5.91 Å².